The van der Waals surface area contributed by atoms with E-state index in [-0.39, 0.29) is 25.5 Å². The molecule has 2 aromatic carbocycles. The van der Waals surface area contributed by atoms with Gasteiger partial charge in [0.05, 0.1) is 31.4 Å². The zero-order valence-corrected chi connectivity index (χ0v) is 17.8. The second-order valence-electron chi connectivity index (χ2n) is 6.17. The Kier molecular flexibility index (Phi) is 6.32. The molecule has 1 aliphatic rings. The maximum Gasteiger partial charge on any atom is 0.374 e. The maximum absolute atomic E-state index is 16.9. The molecule has 0 bridgehead atoms. The van der Waals surface area contributed by atoms with E-state index >= 15 is 4.39 Å². The maximum atomic E-state index is 16.9. The van der Waals surface area contributed by atoms with Gasteiger partial charge in [-0.25, -0.2) is 4.39 Å². The van der Waals surface area contributed by atoms with Crippen molar-refractivity contribution in [1.82, 2.24) is 0 Å². The number of rotatable bonds is 7. The largest absolute Gasteiger partial charge is 0.374 e. The molecule has 3 rings (SSSR count). The second kappa shape index (κ2) is 8.36. The van der Waals surface area contributed by atoms with Crippen LogP contribution in [0.3, 0.4) is 0 Å². The van der Waals surface area contributed by atoms with Crippen molar-refractivity contribution in [2.24, 2.45) is 4.99 Å². The standard InChI is InChI=1S/C20H22BrFNO3P/c1-3-25-27(24,26-4-2)20(22)18(16-11-8-12-17(21)13-16)14-23-19(20)15-9-6-5-7-10-15/h5-13,18H,3-4,14H2,1-2H3/t18-,20-/m1/s1. The minimum atomic E-state index is -4.15. The summed E-state index contributed by atoms with van der Waals surface area (Å²) >= 11 is 3.43. The summed E-state index contributed by atoms with van der Waals surface area (Å²) in [6.45, 7) is 3.68. The molecule has 0 saturated carbocycles. The highest BCUT2D eigenvalue weighted by atomic mass is 79.9. The first-order chi connectivity index (χ1) is 13.0. The lowest BCUT2D eigenvalue weighted by Crippen LogP contribution is -2.39. The molecule has 0 N–H and O–H groups in total. The molecule has 0 fully saturated rings. The first-order valence-corrected chi connectivity index (χ1v) is 11.2. The van der Waals surface area contributed by atoms with Gasteiger partial charge in [-0.2, -0.15) is 0 Å². The normalized spacial score (nSPS) is 22.7. The summed E-state index contributed by atoms with van der Waals surface area (Å²) in [4.78, 5) is 4.47. The van der Waals surface area contributed by atoms with Crippen molar-refractivity contribution in [2.45, 2.75) is 25.2 Å². The lowest BCUT2D eigenvalue weighted by atomic mass is 9.91. The van der Waals surface area contributed by atoms with Gasteiger partial charge in [0.2, 0.25) is 0 Å². The average molecular weight is 454 g/mol. The van der Waals surface area contributed by atoms with E-state index < -0.39 is 18.9 Å². The molecule has 2 atom stereocenters. The molecule has 0 aliphatic carbocycles. The van der Waals surface area contributed by atoms with Crippen molar-refractivity contribution in [2.75, 3.05) is 19.8 Å². The fourth-order valence-corrected chi connectivity index (χ4v) is 6.02. The van der Waals surface area contributed by atoms with Gasteiger partial charge >= 0.3 is 7.60 Å². The van der Waals surface area contributed by atoms with Crippen LogP contribution in [0.5, 0.6) is 0 Å². The first-order valence-electron chi connectivity index (χ1n) is 8.90. The Morgan fingerprint density at radius 3 is 2.41 bits per heavy atom. The third-order valence-electron chi connectivity index (χ3n) is 4.52. The molecule has 2 aromatic rings. The van der Waals surface area contributed by atoms with Crippen molar-refractivity contribution in [3.8, 4) is 0 Å². The van der Waals surface area contributed by atoms with E-state index in [4.69, 9.17) is 9.05 Å². The summed E-state index contributed by atoms with van der Waals surface area (Å²) in [6.07, 6.45) is 0. The average Bonchev–Trinajstić information content (AvgIpc) is 3.02. The lowest BCUT2D eigenvalue weighted by molar-refractivity contribution is 0.164. The fraction of sp³-hybridized carbons (Fsp3) is 0.350. The predicted molar refractivity (Wildman–Crippen MR) is 109 cm³/mol. The molecule has 144 valence electrons. The van der Waals surface area contributed by atoms with Gasteiger partial charge in [0.1, 0.15) is 0 Å². The Hall–Kier alpha value is -1.33. The van der Waals surface area contributed by atoms with E-state index in [1.54, 1.807) is 38.1 Å². The zero-order chi connectivity index (χ0) is 19.5. The van der Waals surface area contributed by atoms with Crippen LogP contribution < -0.4 is 0 Å². The number of alkyl halides is 1. The van der Waals surface area contributed by atoms with Gasteiger partial charge < -0.3 is 9.05 Å². The lowest BCUT2D eigenvalue weighted by Gasteiger charge is -2.35. The number of halogens is 2. The first kappa shape index (κ1) is 20.4. The smallest absolute Gasteiger partial charge is 0.306 e. The summed E-state index contributed by atoms with van der Waals surface area (Å²) in [6, 6.07) is 16.3. The quantitative estimate of drug-likeness (QED) is 0.485. The summed E-state index contributed by atoms with van der Waals surface area (Å²) in [5.74, 6) is -0.769. The van der Waals surface area contributed by atoms with Gasteiger partial charge in [-0.15, -0.1) is 0 Å². The van der Waals surface area contributed by atoms with Crippen LogP contribution in [0.4, 0.5) is 4.39 Å². The Morgan fingerprint density at radius 2 is 1.81 bits per heavy atom. The predicted octanol–water partition coefficient (Wildman–Crippen LogP) is 5.97. The molecule has 0 radical (unpaired) electrons. The van der Waals surface area contributed by atoms with Crippen LogP contribution >= 0.6 is 23.5 Å². The molecule has 1 heterocycles. The summed E-state index contributed by atoms with van der Waals surface area (Å²) < 4.78 is 42.3. The Balaban J connectivity index is 2.17. The number of aliphatic imine (C=N–C) groups is 1. The molecule has 0 amide bonds. The van der Waals surface area contributed by atoms with E-state index in [0.717, 1.165) is 4.47 Å². The molecule has 1 aliphatic heterocycles. The van der Waals surface area contributed by atoms with E-state index in [2.05, 4.69) is 20.9 Å². The summed E-state index contributed by atoms with van der Waals surface area (Å²) in [5, 5.41) is -2.37. The Bertz CT molecular complexity index is 867. The van der Waals surface area contributed by atoms with E-state index in [0.29, 0.717) is 11.1 Å². The molecule has 27 heavy (non-hydrogen) atoms. The fourth-order valence-electron chi connectivity index (χ4n) is 3.40. The Labute approximate surface area is 167 Å². The van der Waals surface area contributed by atoms with Crippen molar-refractivity contribution in [3.05, 3.63) is 70.2 Å². The third kappa shape index (κ3) is 3.68. The number of hydrogen-bond acceptors (Lipinski definition) is 4. The number of benzene rings is 2. The van der Waals surface area contributed by atoms with Gasteiger partial charge in [0.25, 0.3) is 5.41 Å². The topological polar surface area (TPSA) is 47.9 Å². The van der Waals surface area contributed by atoms with Gasteiger partial charge in [-0.05, 0) is 37.1 Å². The number of nitrogens with zero attached hydrogens (tertiary/aromatic N) is 1. The van der Waals surface area contributed by atoms with Gasteiger partial charge in [0, 0.05) is 4.47 Å². The van der Waals surface area contributed by atoms with E-state index in [9.17, 15) is 4.57 Å². The highest BCUT2D eigenvalue weighted by Crippen LogP contribution is 2.68. The van der Waals surface area contributed by atoms with Crippen LogP contribution in [-0.4, -0.2) is 30.9 Å². The van der Waals surface area contributed by atoms with Gasteiger partial charge in [-0.3, -0.25) is 9.56 Å². The minimum absolute atomic E-state index is 0.0796. The molecule has 0 aromatic heterocycles. The molecule has 7 heteroatoms. The van der Waals surface area contributed by atoms with Crippen LogP contribution in [0.2, 0.25) is 0 Å². The Morgan fingerprint density at radius 1 is 1.15 bits per heavy atom. The van der Waals surface area contributed by atoms with Crippen molar-refractivity contribution in [1.29, 1.82) is 0 Å². The highest BCUT2D eigenvalue weighted by Gasteiger charge is 2.63. The molecule has 0 spiro atoms. The molecular weight excluding hydrogens is 432 g/mol. The van der Waals surface area contributed by atoms with Crippen molar-refractivity contribution >= 4 is 29.2 Å². The minimum Gasteiger partial charge on any atom is -0.306 e. The zero-order valence-electron chi connectivity index (χ0n) is 15.3. The second-order valence-corrected chi connectivity index (χ2v) is 9.25. The van der Waals surface area contributed by atoms with Crippen LogP contribution in [0.1, 0.15) is 30.9 Å². The summed E-state index contributed by atoms with van der Waals surface area (Å²) in [5.41, 5.74) is 1.40. The molecule has 0 unspecified atom stereocenters. The molecular formula is C20H22BrFNO3P. The monoisotopic (exact) mass is 453 g/mol. The SMILES string of the molecule is CCOP(=O)(OCC)[C@@]1(F)C(c2ccccc2)=NC[C@@H]1c1cccc(Br)c1. The van der Waals surface area contributed by atoms with Gasteiger partial charge in [0.15, 0.2) is 0 Å². The van der Waals surface area contributed by atoms with E-state index in [1.807, 2.05) is 30.3 Å². The van der Waals surface area contributed by atoms with Crippen LogP contribution in [-0.2, 0) is 13.6 Å². The van der Waals surface area contributed by atoms with Crippen molar-refractivity contribution in [3.63, 3.8) is 0 Å². The molecule has 4 nitrogen and oxygen atoms in total. The third-order valence-corrected chi connectivity index (χ3v) is 7.53. The van der Waals surface area contributed by atoms with Crippen molar-refractivity contribution < 1.29 is 18.0 Å². The van der Waals surface area contributed by atoms with Crippen LogP contribution in [0.15, 0.2) is 64.1 Å². The highest BCUT2D eigenvalue weighted by molar-refractivity contribution is 9.10. The van der Waals surface area contributed by atoms with E-state index in [1.165, 1.54) is 0 Å². The molecule has 0 saturated heterocycles. The van der Waals surface area contributed by atoms with Crippen LogP contribution in [0.25, 0.3) is 0 Å². The number of hydrogen-bond donors (Lipinski definition) is 0. The van der Waals surface area contributed by atoms with Gasteiger partial charge in [-0.1, -0.05) is 58.4 Å². The van der Waals surface area contributed by atoms with Crippen LogP contribution in [0, 0.1) is 0 Å². The summed E-state index contributed by atoms with van der Waals surface area (Å²) in [7, 11) is -4.15.